The number of nitrogens with zero attached hydrogens (tertiary/aromatic N) is 1. The Morgan fingerprint density at radius 1 is 1.18 bits per heavy atom. The Morgan fingerprint density at radius 3 is 2.41 bits per heavy atom. The highest BCUT2D eigenvalue weighted by atomic mass is 16.7. The molecule has 5 unspecified atom stereocenters. The summed E-state index contributed by atoms with van der Waals surface area (Å²) >= 11 is 0. The number of para-hydroxylation sites is 2. The largest absolute Gasteiger partial charge is 0.479 e. The monoisotopic (exact) mass is 315 g/mol. The van der Waals surface area contributed by atoms with E-state index in [9.17, 15) is 30.2 Å². The third-order valence-electron chi connectivity index (χ3n) is 3.12. The van der Waals surface area contributed by atoms with Gasteiger partial charge in [0.05, 0.1) is 4.92 Å². The molecule has 22 heavy (non-hydrogen) atoms. The summed E-state index contributed by atoms with van der Waals surface area (Å²) in [4.78, 5) is 21.1. The van der Waals surface area contributed by atoms with Crippen LogP contribution in [0.4, 0.5) is 5.69 Å². The van der Waals surface area contributed by atoms with Crippen molar-refractivity contribution in [2.45, 2.75) is 30.7 Å². The molecule has 1 aromatic carbocycles. The molecule has 2 rings (SSSR count). The van der Waals surface area contributed by atoms with E-state index < -0.39 is 47.3 Å². The van der Waals surface area contributed by atoms with Crippen LogP contribution in [0.3, 0.4) is 0 Å². The minimum atomic E-state index is -1.86. The number of aliphatic hydroxyl groups is 3. The van der Waals surface area contributed by atoms with Gasteiger partial charge in [-0.25, -0.2) is 4.79 Å². The van der Waals surface area contributed by atoms with Crippen molar-refractivity contribution in [3.05, 3.63) is 34.4 Å². The highest BCUT2D eigenvalue weighted by Gasteiger charge is 2.48. The molecule has 0 saturated carbocycles. The molecular weight excluding hydrogens is 302 g/mol. The number of nitro benzene ring substituents is 1. The molecule has 120 valence electrons. The van der Waals surface area contributed by atoms with E-state index >= 15 is 0 Å². The van der Waals surface area contributed by atoms with Crippen LogP contribution in [0.1, 0.15) is 0 Å². The fourth-order valence-corrected chi connectivity index (χ4v) is 1.98. The molecule has 10 nitrogen and oxygen atoms in total. The molecule has 1 heterocycles. The van der Waals surface area contributed by atoms with Crippen LogP contribution in [0.25, 0.3) is 0 Å². The smallest absolute Gasteiger partial charge is 0.335 e. The first-order valence-corrected chi connectivity index (χ1v) is 6.15. The number of rotatable bonds is 4. The number of hydrogen-bond acceptors (Lipinski definition) is 8. The summed E-state index contributed by atoms with van der Waals surface area (Å²) in [7, 11) is 0. The first-order chi connectivity index (χ1) is 10.3. The van der Waals surface area contributed by atoms with Crippen molar-refractivity contribution < 1.29 is 39.6 Å². The highest BCUT2D eigenvalue weighted by Crippen LogP contribution is 2.30. The number of carboxylic acids is 1. The lowest BCUT2D eigenvalue weighted by Crippen LogP contribution is -2.61. The fourth-order valence-electron chi connectivity index (χ4n) is 1.98. The SMILES string of the molecule is O=C(O)C1OC(Oc2ccccc2[N+](=O)[O-])C(O)C(O)C1O. The van der Waals surface area contributed by atoms with Crippen LogP contribution in [-0.2, 0) is 9.53 Å². The van der Waals surface area contributed by atoms with Gasteiger partial charge in [-0.15, -0.1) is 0 Å². The maximum Gasteiger partial charge on any atom is 0.335 e. The zero-order valence-corrected chi connectivity index (χ0v) is 11.0. The summed E-state index contributed by atoms with van der Waals surface area (Å²) in [6, 6.07) is 5.19. The van der Waals surface area contributed by atoms with Gasteiger partial charge in [0.15, 0.2) is 11.9 Å². The van der Waals surface area contributed by atoms with Crippen LogP contribution in [0.15, 0.2) is 24.3 Å². The Labute approximate surface area is 123 Å². The molecule has 1 fully saturated rings. The van der Waals surface area contributed by atoms with E-state index in [0.717, 1.165) is 6.07 Å². The van der Waals surface area contributed by atoms with Crippen LogP contribution >= 0.6 is 0 Å². The van der Waals surface area contributed by atoms with Crippen molar-refractivity contribution >= 4 is 11.7 Å². The van der Waals surface area contributed by atoms with Crippen molar-refractivity contribution in [2.24, 2.45) is 0 Å². The number of nitro groups is 1. The van der Waals surface area contributed by atoms with Crippen molar-refractivity contribution in [1.82, 2.24) is 0 Å². The second-order valence-corrected chi connectivity index (χ2v) is 4.58. The van der Waals surface area contributed by atoms with E-state index in [1.165, 1.54) is 18.2 Å². The van der Waals surface area contributed by atoms with Gasteiger partial charge in [-0.05, 0) is 6.07 Å². The maximum absolute atomic E-state index is 10.9. The Hall–Kier alpha value is -2.27. The number of carbonyl (C=O) groups is 1. The molecule has 0 radical (unpaired) electrons. The summed E-state index contributed by atoms with van der Waals surface area (Å²) in [5.74, 6) is -1.85. The molecule has 4 N–H and O–H groups in total. The number of benzene rings is 1. The molecular formula is C12H13NO9. The molecule has 1 aromatic rings. The zero-order valence-electron chi connectivity index (χ0n) is 11.0. The Bertz CT molecular complexity index is 577. The molecule has 1 aliphatic rings. The summed E-state index contributed by atoms with van der Waals surface area (Å²) in [5.41, 5.74) is -0.425. The fraction of sp³-hybridized carbons (Fsp3) is 0.417. The summed E-state index contributed by atoms with van der Waals surface area (Å²) in [6.07, 6.45) is -9.03. The maximum atomic E-state index is 10.9. The third-order valence-corrected chi connectivity index (χ3v) is 3.12. The number of aliphatic carboxylic acids is 1. The third kappa shape index (κ3) is 2.99. The van der Waals surface area contributed by atoms with Crippen LogP contribution in [-0.4, -0.2) is 62.0 Å². The molecule has 1 saturated heterocycles. The summed E-state index contributed by atoms with van der Waals surface area (Å²) in [6.45, 7) is 0. The minimum absolute atomic E-state index is 0.274. The predicted molar refractivity (Wildman–Crippen MR) is 68.0 cm³/mol. The quantitative estimate of drug-likeness (QED) is 0.398. The van der Waals surface area contributed by atoms with E-state index in [4.69, 9.17) is 14.6 Å². The Balaban J connectivity index is 2.25. The van der Waals surface area contributed by atoms with Gasteiger partial charge >= 0.3 is 11.7 Å². The van der Waals surface area contributed by atoms with Crippen molar-refractivity contribution in [3.8, 4) is 5.75 Å². The molecule has 10 heteroatoms. The van der Waals surface area contributed by atoms with Gasteiger partial charge in [-0.3, -0.25) is 10.1 Å². The van der Waals surface area contributed by atoms with E-state index in [-0.39, 0.29) is 5.75 Å². The van der Waals surface area contributed by atoms with Gasteiger partial charge in [0.2, 0.25) is 6.29 Å². The lowest BCUT2D eigenvalue weighted by Gasteiger charge is -2.38. The predicted octanol–water partition coefficient (Wildman–Crippen LogP) is -1.13. The minimum Gasteiger partial charge on any atom is -0.479 e. The summed E-state index contributed by atoms with van der Waals surface area (Å²) in [5, 5.41) is 48.7. The second-order valence-electron chi connectivity index (χ2n) is 4.58. The van der Waals surface area contributed by atoms with Gasteiger partial charge in [-0.1, -0.05) is 12.1 Å². The molecule has 0 aliphatic carbocycles. The van der Waals surface area contributed by atoms with Gasteiger partial charge in [-0.2, -0.15) is 0 Å². The molecule has 0 bridgehead atoms. The zero-order chi connectivity index (χ0) is 16.4. The van der Waals surface area contributed by atoms with E-state index in [1.807, 2.05) is 0 Å². The number of ether oxygens (including phenoxy) is 2. The first kappa shape index (κ1) is 16.1. The van der Waals surface area contributed by atoms with Crippen LogP contribution in [0.5, 0.6) is 5.75 Å². The van der Waals surface area contributed by atoms with Gasteiger partial charge in [0.1, 0.15) is 18.3 Å². The van der Waals surface area contributed by atoms with E-state index in [1.54, 1.807) is 0 Å². The van der Waals surface area contributed by atoms with Gasteiger partial charge in [0.25, 0.3) is 0 Å². The topological polar surface area (TPSA) is 160 Å². The molecule has 0 spiro atoms. The summed E-state index contributed by atoms with van der Waals surface area (Å²) < 4.78 is 9.99. The van der Waals surface area contributed by atoms with Gasteiger partial charge in [0, 0.05) is 6.07 Å². The van der Waals surface area contributed by atoms with Crippen LogP contribution in [0.2, 0.25) is 0 Å². The van der Waals surface area contributed by atoms with Crippen molar-refractivity contribution in [3.63, 3.8) is 0 Å². The second kappa shape index (κ2) is 6.23. The molecule has 5 atom stereocenters. The lowest BCUT2D eigenvalue weighted by atomic mass is 9.99. The normalized spacial score (nSPS) is 31.5. The Morgan fingerprint density at radius 2 is 1.82 bits per heavy atom. The van der Waals surface area contributed by atoms with E-state index in [2.05, 4.69) is 0 Å². The van der Waals surface area contributed by atoms with E-state index in [0.29, 0.717) is 0 Å². The van der Waals surface area contributed by atoms with Crippen LogP contribution in [0, 0.1) is 10.1 Å². The molecule has 0 amide bonds. The highest BCUT2D eigenvalue weighted by molar-refractivity contribution is 5.73. The molecule has 1 aliphatic heterocycles. The average Bonchev–Trinajstić information content (AvgIpc) is 2.47. The van der Waals surface area contributed by atoms with Gasteiger partial charge < -0.3 is 29.9 Å². The first-order valence-electron chi connectivity index (χ1n) is 6.15. The molecule has 0 aromatic heterocycles. The average molecular weight is 315 g/mol. The van der Waals surface area contributed by atoms with Crippen LogP contribution < -0.4 is 4.74 Å². The number of hydrogen-bond donors (Lipinski definition) is 4. The lowest BCUT2D eigenvalue weighted by molar-refractivity contribution is -0.387. The number of carboxylic acid groups (broad SMARTS) is 1. The van der Waals surface area contributed by atoms with Crippen molar-refractivity contribution in [1.29, 1.82) is 0 Å². The Kier molecular flexibility index (Phi) is 4.56. The number of aliphatic hydroxyl groups excluding tert-OH is 3. The van der Waals surface area contributed by atoms with Crippen molar-refractivity contribution in [2.75, 3.05) is 0 Å². The standard InChI is InChI=1S/C12H13NO9/c14-7-8(15)10(11(17)18)22-12(9(7)16)21-6-4-2-1-3-5(6)13(19)20/h1-4,7-10,12,14-16H,(H,17,18).